The minimum absolute atomic E-state index is 0.436. The van der Waals surface area contributed by atoms with E-state index in [1.54, 1.807) is 13.8 Å². The van der Waals surface area contributed by atoms with E-state index in [0.717, 1.165) is 11.3 Å². The van der Waals surface area contributed by atoms with Gasteiger partial charge < -0.3 is 10.4 Å². The standard InChI is InChI=1S/C12H16N2O/c1-12(2,15)9-14-11-5-3-10(4-6-11)7-8-13/h3-6,14-15H,7,9H2,1-2H3. The molecule has 15 heavy (non-hydrogen) atoms. The first-order valence-electron chi connectivity index (χ1n) is 4.93. The number of anilines is 1. The van der Waals surface area contributed by atoms with E-state index in [4.69, 9.17) is 5.26 Å². The molecular weight excluding hydrogens is 188 g/mol. The van der Waals surface area contributed by atoms with Crippen molar-refractivity contribution in [2.45, 2.75) is 25.9 Å². The van der Waals surface area contributed by atoms with E-state index in [0.29, 0.717) is 13.0 Å². The van der Waals surface area contributed by atoms with E-state index in [1.165, 1.54) is 0 Å². The molecule has 0 atom stereocenters. The third kappa shape index (κ3) is 4.48. The zero-order valence-electron chi connectivity index (χ0n) is 9.12. The van der Waals surface area contributed by atoms with Gasteiger partial charge in [-0.1, -0.05) is 12.1 Å². The predicted molar refractivity (Wildman–Crippen MR) is 60.5 cm³/mol. The van der Waals surface area contributed by atoms with Crippen molar-refractivity contribution in [1.29, 1.82) is 5.26 Å². The summed E-state index contributed by atoms with van der Waals surface area (Å²) in [5, 5.41) is 21.1. The molecule has 2 N–H and O–H groups in total. The minimum Gasteiger partial charge on any atom is -0.389 e. The first-order valence-corrected chi connectivity index (χ1v) is 4.93. The van der Waals surface area contributed by atoms with E-state index in [1.807, 2.05) is 24.3 Å². The Morgan fingerprint density at radius 2 is 1.93 bits per heavy atom. The van der Waals surface area contributed by atoms with E-state index < -0.39 is 5.60 Å². The fourth-order valence-electron chi connectivity index (χ4n) is 1.15. The van der Waals surface area contributed by atoms with Crippen LogP contribution in [0.5, 0.6) is 0 Å². The van der Waals surface area contributed by atoms with Crippen LogP contribution in [0.4, 0.5) is 5.69 Å². The highest BCUT2D eigenvalue weighted by atomic mass is 16.3. The van der Waals surface area contributed by atoms with Gasteiger partial charge >= 0.3 is 0 Å². The van der Waals surface area contributed by atoms with Crippen molar-refractivity contribution in [2.24, 2.45) is 0 Å². The third-order valence-corrected chi connectivity index (χ3v) is 1.96. The average Bonchev–Trinajstić information content (AvgIpc) is 2.16. The van der Waals surface area contributed by atoms with Gasteiger partial charge in [-0.05, 0) is 31.5 Å². The first kappa shape index (κ1) is 11.5. The van der Waals surface area contributed by atoms with Gasteiger partial charge in [0.2, 0.25) is 0 Å². The Kier molecular flexibility index (Phi) is 3.70. The molecule has 0 fully saturated rings. The Hall–Kier alpha value is -1.53. The lowest BCUT2D eigenvalue weighted by Gasteiger charge is -2.18. The minimum atomic E-state index is -0.717. The lowest BCUT2D eigenvalue weighted by atomic mass is 10.1. The monoisotopic (exact) mass is 204 g/mol. The highest BCUT2D eigenvalue weighted by Gasteiger charge is 2.11. The molecule has 0 saturated carbocycles. The third-order valence-electron chi connectivity index (χ3n) is 1.96. The van der Waals surface area contributed by atoms with Crippen LogP contribution in [-0.2, 0) is 6.42 Å². The number of nitrogens with zero attached hydrogens (tertiary/aromatic N) is 1. The molecule has 0 unspecified atom stereocenters. The summed E-state index contributed by atoms with van der Waals surface area (Å²) in [4.78, 5) is 0. The summed E-state index contributed by atoms with van der Waals surface area (Å²) in [6.07, 6.45) is 0.436. The van der Waals surface area contributed by atoms with Crippen molar-refractivity contribution in [1.82, 2.24) is 0 Å². The molecule has 0 aliphatic carbocycles. The molecule has 0 aliphatic heterocycles. The maximum absolute atomic E-state index is 9.51. The topological polar surface area (TPSA) is 56.0 Å². The fourth-order valence-corrected chi connectivity index (χ4v) is 1.15. The van der Waals surface area contributed by atoms with E-state index in [2.05, 4.69) is 11.4 Å². The van der Waals surface area contributed by atoms with Crippen molar-refractivity contribution in [3.63, 3.8) is 0 Å². The van der Waals surface area contributed by atoms with Gasteiger partial charge in [0.1, 0.15) is 0 Å². The molecule has 0 spiro atoms. The molecule has 0 heterocycles. The SMILES string of the molecule is CC(C)(O)CNc1ccc(CC#N)cc1. The van der Waals surface area contributed by atoms with Crippen molar-refractivity contribution >= 4 is 5.69 Å². The van der Waals surface area contributed by atoms with Crippen LogP contribution >= 0.6 is 0 Å². The maximum atomic E-state index is 9.51. The molecule has 80 valence electrons. The summed E-state index contributed by atoms with van der Waals surface area (Å²) in [5.74, 6) is 0. The van der Waals surface area contributed by atoms with Crippen LogP contribution in [0.15, 0.2) is 24.3 Å². The van der Waals surface area contributed by atoms with Crippen LogP contribution < -0.4 is 5.32 Å². The number of hydrogen-bond acceptors (Lipinski definition) is 3. The summed E-state index contributed by atoms with van der Waals surface area (Å²) in [7, 11) is 0. The van der Waals surface area contributed by atoms with Crippen molar-refractivity contribution in [3.8, 4) is 6.07 Å². The van der Waals surface area contributed by atoms with Gasteiger partial charge in [-0.2, -0.15) is 5.26 Å². The van der Waals surface area contributed by atoms with Gasteiger partial charge in [-0.25, -0.2) is 0 Å². The summed E-state index contributed by atoms with van der Waals surface area (Å²) in [5.41, 5.74) is 1.25. The molecule has 0 bridgehead atoms. The van der Waals surface area contributed by atoms with Gasteiger partial charge in [0.05, 0.1) is 18.1 Å². The second-order valence-electron chi connectivity index (χ2n) is 4.20. The summed E-state index contributed by atoms with van der Waals surface area (Å²) < 4.78 is 0. The number of aliphatic hydroxyl groups is 1. The molecular formula is C12H16N2O. The Morgan fingerprint density at radius 3 is 2.40 bits per heavy atom. The fraction of sp³-hybridized carbons (Fsp3) is 0.417. The zero-order chi connectivity index (χ0) is 11.3. The van der Waals surface area contributed by atoms with Crippen LogP contribution in [0.3, 0.4) is 0 Å². The van der Waals surface area contributed by atoms with E-state index in [9.17, 15) is 5.11 Å². The number of rotatable bonds is 4. The van der Waals surface area contributed by atoms with E-state index in [-0.39, 0.29) is 0 Å². The van der Waals surface area contributed by atoms with Crippen LogP contribution in [0, 0.1) is 11.3 Å². The van der Waals surface area contributed by atoms with E-state index >= 15 is 0 Å². The molecule has 1 aromatic rings. The quantitative estimate of drug-likeness (QED) is 0.788. The lowest BCUT2D eigenvalue weighted by Crippen LogP contribution is -2.29. The molecule has 0 saturated heterocycles. The number of hydrogen-bond donors (Lipinski definition) is 2. The van der Waals surface area contributed by atoms with Gasteiger partial charge in [0.15, 0.2) is 0 Å². The molecule has 0 aromatic heterocycles. The second kappa shape index (κ2) is 4.81. The summed E-state index contributed by atoms with van der Waals surface area (Å²) in [6, 6.07) is 9.75. The Bertz CT molecular complexity index is 343. The highest BCUT2D eigenvalue weighted by molar-refractivity contribution is 5.45. The summed E-state index contributed by atoms with van der Waals surface area (Å²) in [6.45, 7) is 4.01. The van der Waals surface area contributed by atoms with Crippen molar-refractivity contribution < 1.29 is 5.11 Å². The van der Waals surface area contributed by atoms with Crippen molar-refractivity contribution in [3.05, 3.63) is 29.8 Å². The lowest BCUT2D eigenvalue weighted by molar-refractivity contribution is 0.0945. The molecule has 3 nitrogen and oxygen atoms in total. The smallest absolute Gasteiger partial charge is 0.0763 e. The zero-order valence-corrected chi connectivity index (χ0v) is 9.12. The Labute approximate surface area is 90.4 Å². The van der Waals surface area contributed by atoms with Gasteiger partial charge in [0.25, 0.3) is 0 Å². The van der Waals surface area contributed by atoms with Gasteiger partial charge in [-0.15, -0.1) is 0 Å². The Balaban J connectivity index is 2.54. The molecule has 0 aliphatic rings. The highest BCUT2D eigenvalue weighted by Crippen LogP contribution is 2.11. The number of nitrogens with one attached hydrogen (secondary N) is 1. The first-order chi connectivity index (χ1) is 7.01. The molecule has 0 amide bonds. The Morgan fingerprint density at radius 1 is 1.33 bits per heavy atom. The van der Waals surface area contributed by atoms with Crippen molar-refractivity contribution in [2.75, 3.05) is 11.9 Å². The molecule has 1 aromatic carbocycles. The number of benzene rings is 1. The van der Waals surface area contributed by atoms with Crippen LogP contribution in [0.25, 0.3) is 0 Å². The predicted octanol–water partition coefficient (Wildman–Crippen LogP) is 1.94. The van der Waals surface area contributed by atoms with Gasteiger partial charge in [0, 0.05) is 12.2 Å². The molecule has 3 heteroatoms. The summed E-state index contributed by atoms with van der Waals surface area (Å²) >= 11 is 0. The number of nitriles is 1. The van der Waals surface area contributed by atoms with Crippen LogP contribution in [0.2, 0.25) is 0 Å². The molecule has 0 radical (unpaired) electrons. The normalized spacial score (nSPS) is 10.8. The van der Waals surface area contributed by atoms with Crippen LogP contribution in [-0.4, -0.2) is 17.3 Å². The maximum Gasteiger partial charge on any atom is 0.0763 e. The largest absolute Gasteiger partial charge is 0.389 e. The van der Waals surface area contributed by atoms with Gasteiger partial charge in [-0.3, -0.25) is 0 Å². The average molecular weight is 204 g/mol. The van der Waals surface area contributed by atoms with Crippen LogP contribution in [0.1, 0.15) is 19.4 Å². The molecule has 1 rings (SSSR count). The second-order valence-corrected chi connectivity index (χ2v) is 4.20.